The lowest BCUT2D eigenvalue weighted by atomic mass is 10.1. The van der Waals surface area contributed by atoms with Crippen molar-refractivity contribution in [3.63, 3.8) is 0 Å². The van der Waals surface area contributed by atoms with Crippen LogP contribution in [0.15, 0.2) is 54.4 Å². The molecule has 3 aromatic rings. The molecule has 0 radical (unpaired) electrons. The number of H-pyrrole nitrogens is 1. The van der Waals surface area contributed by atoms with Gasteiger partial charge in [-0.15, -0.1) is 0 Å². The minimum absolute atomic E-state index is 0.0120. The quantitative estimate of drug-likeness (QED) is 0.402. The molecule has 0 aliphatic heterocycles. The SMILES string of the molecule is COc1ccc(CCNC(=O)/C(C#N)=C\Nc2ccc3cn[nH]c3c2)cc1OC. The number of nitriles is 1. The number of aromatic amines is 1. The molecule has 3 N–H and O–H groups in total. The average molecular weight is 391 g/mol. The standard InChI is InChI=1S/C21H21N5O3/c1-28-19-6-3-14(9-20(19)29-2)7-8-23-21(27)16(11-22)12-24-17-5-4-15-13-25-26-18(15)10-17/h3-6,9-10,12-13,24H,7-8H2,1-2H3,(H,23,27)(H,25,26)/b16-12-. The summed E-state index contributed by atoms with van der Waals surface area (Å²) in [6.07, 6.45) is 3.71. The van der Waals surface area contributed by atoms with Gasteiger partial charge in [-0.05, 0) is 42.3 Å². The van der Waals surface area contributed by atoms with Crippen LogP contribution in [-0.4, -0.2) is 36.9 Å². The number of fused-ring (bicyclic) bond motifs is 1. The van der Waals surface area contributed by atoms with Crippen molar-refractivity contribution in [3.05, 3.63) is 59.9 Å². The van der Waals surface area contributed by atoms with Gasteiger partial charge in [0.15, 0.2) is 11.5 Å². The fourth-order valence-corrected chi connectivity index (χ4v) is 2.78. The second-order valence-electron chi connectivity index (χ2n) is 6.18. The number of rotatable bonds is 8. The first-order valence-electron chi connectivity index (χ1n) is 8.93. The zero-order valence-corrected chi connectivity index (χ0v) is 16.2. The van der Waals surface area contributed by atoms with E-state index in [0.717, 1.165) is 22.2 Å². The number of anilines is 1. The summed E-state index contributed by atoms with van der Waals surface area (Å²) in [4.78, 5) is 12.3. The number of methoxy groups -OCH3 is 2. The van der Waals surface area contributed by atoms with Crippen LogP contribution in [0, 0.1) is 11.3 Å². The molecular formula is C21H21N5O3. The minimum atomic E-state index is -0.442. The first kappa shape index (κ1) is 19.8. The van der Waals surface area contributed by atoms with E-state index in [2.05, 4.69) is 20.8 Å². The Kier molecular flexibility index (Phi) is 6.32. The number of amides is 1. The maximum absolute atomic E-state index is 12.3. The largest absolute Gasteiger partial charge is 0.493 e. The number of hydrogen-bond donors (Lipinski definition) is 3. The van der Waals surface area contributed by atoms with E-state index in [1.165, 1.54) is 6.20 Å². The molecule has 0 fully saturated rings. The van der Waals surface area contributed by atoms with E-state index < -0.39 is 5.91 Å². The molecule has 0 aliphatic rings. The first-order valence-corrected chi connectivity index (χ1v) is 8.93. The fraction of sp³-hybridized carbons (Fsp3) is 0.190. The van der Waals surface area contributed by atoms with E-state index in [1.807, 2.05) is 42.5 Å². The van der Waals surface area contributed by atoms with Crippen LogP contribution in [0.25, 0.3) is 10.9 Å². The van der Waals surface area contributed by atoms with Gasteiger partial charge in [0.05, 0.1) is 25.9 Å². The van der Waals surface area contributed by atoms with Crippen molar-refractivity contribution in [2.75, 3.05) is 26.1 Å². The molecule has 1 aromatic heterocycles. The van der Waals surface area contributed by atoms with Crippen LogP contribution in [0.4, 0.5) is 5.69 Å². The highest BCUT2D eigenvalue weighted by Gasteiger charge is 2.09. The Morgan fingerprint density at radius 1 is 1.21 bits per heavy atom. The van der Waals surface area contributed by atoms with Crippen LogP contribution in [0.3, 0.4) is 0 Å². The van der Waals surface area contributed by atoms with Gasteiger partial charge in [-0.25, -0.2) is 0 Å². The summed E-state index contributed by atoms with van der Waals surface area (Å²) in [6, 6.07) is 13.1. The molecule has 0 atom stereocenters. The second kappa shape index (κ2) is 9.28. The Bertz CT molecular complexity index is 1080. The molecule has 8 heteroatoms. The number of aromatic nitrogens is 2. The normalized spacial score (nSPS) is 11.0. The zero-order chi connectivity index (χ0) is 20.6. The van der Waals surface area contributed by atoms with Gasteiger partial charge in [0.1, 0.15) is 11.6 Å². The minimum Gasteiger partial charge on any atom is -0.493 e. The second-order valence-corrected chi connectivity index (χ2v) is 6.18. The highest BCUT2D eigenvalue weighted by molar-refractivity contribution is 5.97. The molecule has 3 rings (SSSR count). The number of nitrogens with zero attached hydrogens (tertiary/aromatic N) is 2. The molecular weight excluding hydrogens is 370 g/mol. The topological polar surface area (TPSA) is 112 Å². The van der Waals surface area contributed by atoms with Crippen LogP contribution >= 0.6 is 0 Å². The molecule has 0 unspecified atom stereocenters. The van der Waals surface area contributed by atoms with E-state index in [9.17, 15) is 10.1 Å². The number of nitrogens with one attached hydrogen (secondary N) is 3. The molecule has 1 amide bonds. The number of carbonyl (C=O) groups is 1. The number of carbonyl (C=O) groups excluding carboxylic acids is 1. The van der Waals surface area contributed by atoms with Gasteiger partial charge in [0, 0.05) is 23.8 Å². The fourth-order valence-electron chi connectivity index (χ4n) is 2.78. The smallest absolute Gasteiger partial charge is 0.263 e. The highest BCUT2D eigenvalue weighted by Crippen LogP contribution is 2.27. The number of benzene rings is 2. The molecule has 2 aromatic carbocycles. The first-order chi connectivity index (χ1) is 14.1. The monoisotopic (exact) mass is 391 g/mol. The Labute approximate surface area is 168 Å². The van der Waals surface area contributed by atoms with Crippen molar-refractivity contribution in [1.29, 1.82) is 5.26 Å². The lowest BCUT2D eigenvalue weighted by Gasteiger charge is -2.10. The van der Waals surface area contributed by atoms with Crippen molar-refractivity contribution >= 4 is 22.5 Å². The predicted molar refractivity (Wildman–Crippen MR) is 110 cm³/mol. The van der Waals surface area contributed by atoms with Gasteiger partial charge in [-0.2, -0.15) is 10.4 Å². The van der Waals surface area contributed by atoms with E-state index in [4.69, 9.17) is 9.47 Å². The maximum atomic E-state index is 12.3. The third-order valence-electron chi connectivity index (χ3n) is 4.34. The molecule has 0 saturated heterocycles. The lowest BCUT2D eigenvalue weighted by molar-refractivity contribution is -0.117. The number of hydrogen-bond acceptors (Lipinski definition) is 6. The van der Waals surface area contributed by atoms with Crippen molar-refractivity contribution in [2.24, 2.45) is 0 Å². The Morgan fingerprint density at radius 2 is 2.03 bits per heavy atom. The van der Waals surface area contributed by atoms with Gasteiger partial charge in [-0.3, -0.25) is 9.89 Å². The third-order valence-corrected chi connectivity index (χ3v) is 4.34. The van der Waals surface area contributed by atoms with Crippen molar-refractivity contribution in [1.82, 2.24) is 15.5 Å². The number of ether oxygens (including phenoxy) is 2. The predicted octanol–water partition coefficient (Wildman–Crippen LogP) is 2.76. The lowest BCUT2D eigenvalue weighted by Crippen LogP contribution is -2.27. The molecule has 0 saturated carbocycles. The van der Waals surface area contributed by atoms with Gasteiger partial charge in [0.2, 0.25) is 0 Å². The van der Waals surface area contributed by atoms with Crippen LogP contribution < -0.4 is 20.1 Å². The molecule has 0 aliphatic carbocycles. The van der Waals surface area contributed by atoms with E-state index in [1.54, 1.807) is 20.4 Å². The Balaban J connectivity index is 1.56. The molecule has 1 heterocycles. The molecule has 0 spiro atoms. The van der Waals surface area contributed by atoms with Gasteiger partial charge < -0.3 is 20.1 Å². The summed E-state index contributed by atoms with van der Waals surface area (Å²) < 4.78 is 10.5. The summed E-state index contributed by atoms with van der Waals surface area (Å²) in [5, 5.41) is 22.8. The van der Waals surface area contributed by atoms with Crippen molar-refractivity contribution < 1.29 is 14.3 Å². The summed E-state index contributed by atoms with van der Waals surface area (Å²) in [5.74, 6) is 0.838. The van der Waals surface area contributed by atoms with Crippen LogP contribution in [-0.2, 0) is 11.2 Å². The molecule has 0 bridgehead atoms. The van der Waals surface area contributed by atoms with Crippen LogP contribution in [0.1, 0.15) is 5.56 Å². The van der Waals surface area contributed by atoms with Gasteiger partial charge in [-0.1, -0.05) is 6.07 Å². The third kappa shape index (κ3) is 4.84. The average Bonchev–Trinajstić information content (AvgIpc) is 3.22. The molecule has 8 nitrogen and oxygen atoms in total. The van der Waals surface area contributed by atoms with Crippen molar-refractivity contribution in [2.45, 2.75) is 6.42 Å². The molecule has 148 valence electrons. The van der Waals surface area contributed by atoms with Crippen LogP contribution in [0.5, 0.6) is 11.5 Å². The van der Waals surface area contributed by atoms with Crippen molar-refractivity contribution in [3.8, 4) is 17.6 Å². The summed E-state index contributed by atoms with van der Waals surface area (Å²) in [6.45, 7) is 0.382. The summed E-state index contributed by atoms with van der Waals surface area (Å²) in [7, 11) is 3.15. The van der Waals surface area contributed by atoms with Gasteiger partial charge in [0.25, 0.3) is 5.91 Å². The zero-order valence-electron chi connectivity index (χ0n) is 16.2. The Morgan fingerprint density at radius 3 is 2.79 bits per heavy atom. The molecule has 29 heavy (non-hydrogen) atoms. The van der Waals surface area contributed by atoms with Crippen LogP contribution in [0.2, 0.25) is 0 Å². The summed E-state index contributed by atoms with van der Waals surface area (Å²) in [5.41, 5.74) is 2.58. The Hall–Kier alpha value is -3.99. The van der Waals surface area contributed by atoms with E-state index >= 15 is 0 Å². The summed E-state index contributed by atoms with van der Waals surface area (Å²) >= 11 is 0. The maximum Gasteiger partial charge on any atom is 0.263 e. The van der Waals surface area contributed by atoms with E-state index in [0.29, 0.717) is 24.5 Å². The van der Waals surface area contributed by atoms with E-state index in [-0.39, 0.29) is 5.57 Å². The van der Waals surface area contributed by atoms with Gasteiger partial charge >= 0.3 is 0 Å². The highest BCUT2D eigenvalue weighted by atomic mass is 16.5.